The topological polar surface area (TPSA) is 20.2 Å². The summed E-state index contributed by atoms with van der Waals surface area (Å²) in [5, 5.41) is 9.45. The molecule has 1 aromatic carbocycles. The number of aliphatic hydroxyl groups excluding tert-OH is 1. The first kappa shape index (κ1) is 12.7. The Balaban J connectivity index is 3.23. The van der Waals surface area contributed by atoms with Gasteiger partial charge in [-0.25, -0.2) is 4.39 Å². The molecule has 1 rings (SSSR count). The van der Waals surface area contributed by atoms with Gasteiger partial charge in [-0.2, -0.15) is 13.2 Å². The van der Waals surface area contributed by atoms with Crippen LogP contribution in [-0.4, -0.2) is 5.11 Å². The van der Waals surface area contributed by atoms with Gasteiger partial charge in [0.15, 0.2) is 0 Å². The minimum Gasteiger partial charge on any atom is -0.388 e. The lowest BCUT2D eigenvalue weighted by atomic mass is 9.99. The Morgan fingerprint density at radius 1 is 1.38 bits per heavy atom. The van der Waals surface area contributed by atoms with Crippen molar-refractivity contribution in [3.8, 4) is 0 Å². The van der Waals surface area contributed by atoms with E-state index in [0.29, 0.717) is 18.2 Å². The molecule has 0 aromatic heterocycles. The Morgan fingerprint density at radius 3 is 2.50 bits per heavy atom. The van der Waals surface area contributed by atoms with E-state index >= 15 is 0 Å². The van der Waals surface area contributed by atoms with Gasteiger partial charge in [-0.05, 0) is 30.2 Å². The van der Waals surface area contributed by atoms with Crippen molar-refractivity contribution in [1.29, 1.82) is 0 Å². The van der Waals surface area contributed by atoms with Crippen molar-refractivity contribution in [1.82, 2.24) is 0 Å². The van der Waals surface area contributed by atoms with Crippen LogP contribution < -0.4 is 0 Å². The Labute approximate surface area is 90.0 Å². The number of aliphatic hydroxyl groups is 1. The van der Waals surface area contributed by atoms with Gasteiger partial charge in [0.2, 0.25) is 0 Å². The molecule has 0 saturated heterocycles. The van der Waals surface area contributed by atoms with Crippen molar-refractivity contribution < 1.29 is 22.7 Å². The summed E-state index contributed by atoms with van der Waals surface area (Å²) < 4.78 is 50.4. The summed E-state index contributed by atoms with van der Waals surface area (Å²) in [4.78, 5) is 0. The molecule has 0 radical (unpaired) electrons. The van der Waals surface area contributed by atoms with E-state index in [4.69, 9.17) is 0 Å². The van der Waals surface area contributed by atoms with Crippen LogP contribution in [0.4, 0.5) is 17.6 Å². The molecule has 0 amide bonds. The van der Waals surface area contributed by atoms with Gasteiger partial charge in [-0.3, -0.25) is 0 Å². The lowest BCUT2D eigenvalue weighted by Gasteiger charge is -2.16. The van der Waals surface area contributed by atoms with Crippen LogP contribution in [0.5, 0.6) is 0 Å². The minimum absolute atomic E-state index is 0.0630. The van der Waals surface area contributed by atoms with Gasteiger partial charge in [0.1, 0.15) is 5.82 Å². The molecule has 1 N–H and O–H groups in total. The van der Waals surface area contributed by atoms with Gasteiger partial charge in [0, 0.05) is 0 Å². The fourth-order valence-electron chi connectivity index (χ4n) is 1.35. The number of halogens is 4. The van der Waals surface area contributed by atoms with Crippen LogP contribution in [0.15, 0.2) is 30.9 Å². The SMILES string of the molecule is C=CCC(O)c1cc(F)ccc1C(F)(F)F. The zero-order chi connectivity index (χ0) is 12.3. The van der Waals surface area contributed by atoms with Gasteiger partial charge in [-0.15, -0.1) is 6.58 Å². The molecule has 0 aliphatic heterocycles. The van der Waals surface area contributed by atoms with Gasteiger partial charge < -0.3 is 5.11 Å². The second-order valence-corrected chi connectivity index (χ2v) is 3.27. The molecule has 0 heterocycles. The van der Waals surface area contributed by atoms with Gasteiger partial charge in [0.05, 0.1) is 11.7 Å². The Hall–Kier alpha value is -1.36. The Kier molecular flexibility index (Phi) is 3.70. The highest BCUT2D eigenvalue weighted by atomic mass is 19.4. The summed E-state index contributed by atoms with van der Waals surface area (Å²) in [6.07, 6.45) is -4.79. The highest BCUT2D eigenvalue weighted by molar-refractivity contribution is 5.32. The second kappa shape index (κ2) is 4.65. The summed E-state index contributed by atoms with van der Waals surface area (Å²) in [6, 6.07) is 2.03. The Morgan fingerprint density at radius 2 is 2.00 bits per heavy atom. The highest BCUT2D eigenvalue weighted by Crippen LogP contribution is 2.35. The van der Waals surface area contributed by atoms with Crippen molar-refractivity contribution in [3.05, 3.63) is 47.8 Å². The number of alkyl halides is 3. The molecule has 0 aliphatic rings. The number of hydrogen-bond donors (Lipinski definition) is 1. The molecule has 16 heavy (non-hydrogen) atoms. The summed E-state index contributed by atoms with van der Waals surface area (Å²) in [6.45, 7) is 3.31. The number of hydrogen-bond acceptors (Lipinski definition) is 1. The zero-order valence-corrected chi connectivity index (χ0v) is 8.26. The maximum atomic E-state index is 12.8. The molecule has 0 saturated carbocycles. The lowest BCUT2D eigenvalue weighted by molar-refractivity contribution is -0.139. The van der Waals surface area contributed by atoms with Gasteiger partial charge >= 0.3 is 6.18 Å². The number of benzene rings is 1. The molecule has 88 valence electrons. The molecule has 0 fully saturated rings. The van der Waals surface area contributed by atoms with E-state index in [2.05, 4.69) is 6.58 Å². The van der Waals surface area contributed by atoms with Crippen molar-refractivity contribution in [3.63, 3.8) is 0 Å². The molecule has 1 unspecified atom stereocenters. The fourth-order valence-corrected chi connectivity index (χ4v) is 1.35. The summed E-state index contributed by atoms with van der Waals surface area (Å²) in [5.74, 6) is -0.814. The number of rotatable bonds is 3. The maximum Gasteiger partial charge on any atom is 0.416 e. The third-order valence-corrected chi connectivity index (χ3v) is 2.07. The fraction of sp³-hybridized carbons (Fsp3) is 0.273. The van der Waals surface area contributed by atoms with E-state index < -0.39 is 29.2 Å². The third-order valence-electron chi connectivity index (χ3n) is 2.07. The average Bonchev–Trinajstić information content (AvgIpc) is 2.16. The standard InChI is InChI=1S/C11H10F4O/c1-2-3-10(16)8-6-7(12)4-5-9(8)11(13,14)15/h2,4-6,10,16H,1,3H2. The van der Waals surface area contributed by atoms with E-state index in [1.807, 2.05) is 0 Å². The van der Waals surface area contributed by atoms with E-state index in [0.717, 1.165) is 0 Å². The molecule has 1 aromatic rings. The molecule has 0 bridgehead atoms. The molecule has 5 heteroatoms. The molecular weight excluding hydrogens is 224 g/mol. The monoisotopic (exact) mass is 234 g/mol. The molecule has 0 spiro atoms. The van der Waals surface area contributed by atoms with E-state index in [1.165, 1.54) is 6.08 Å². The van der Waals surface area contributed by atoms with E-state index in [1.54, 1.807) is 0 Å². The molecule has 1 nitrogen and oxygen atoms in total. The summed E-state index contributed by atoms with van der Waals surface area (Å²) in [7, 11) is 0. The van der Waals surface area contributed by atoms with Crippen LogP contribution >= 0.6 is 0 Å². The molecular formula is C11H10F4O. The highest BCUT2D eigenvalue weighted by Gasteiger charge is 2.34. The van der Waals surface area contributed by atoms with Gasteiger partial charge in [-0.1, -0.05) is 6.08 Å². The van der Waals surface area contributed by atoms with Gasteiger partial charge in [0.25, 0.3) is 0 Å². The second-order valence-electron chi connectivity index (χ2n) is 3.27. The van der Waals surface area contributed by atoms with Crippen molar-refractivity contribution in [2.45, 2.75) is 18.7 Å². The average molecular weight is 234 g/mol. The normalized spacial score (nSPS) is 13.6. The largest absolute Gasteiger partial charge is 0.416 e. The summed E-state index contributed by atoms with van der Waals surface area (Å²) >= 11 is 0. The quantitative estimate of drug-likeness (QED) is 0.627. The van der Waals surface area contributed by atoms with Crippen LogP contribution in [0.2, 0.25) is 0 Å². The molecule has 1 atom stereocenters. The van der Waals surface area contributed by atoms with Crippen LogP contribution in [0, 0.1) is 5.82 Å². The lowest BCUT2D eigenvalue weighted by Crippen LogP contribution is -2.12. The summed E-state index contributed by atoms with van der Waals surface area (Å²) in [5.41, 5.74) is -1.49. The predicted molar refractivity (Wildman–Crippen MR) is 51.2 cm³/mol. The minimum atomic E-state index is -4.61. The van der Waals surface area contributed by atoms with E-state index in [-0.39, 0.29) is 6.42 Å². The van der Waals surface area contributed by atoms with Crippen LogP contribution in [0.25, 0.3) is 0 Å². The zero-order valence-electron chi connectivity index (χ0n) is 8.26. The van der Waals surface area contributed by atoms with Crippen LogP contribution in [0.3, 0.4) is 0 Å². The van der Waals surface area contributed by atoms with Crippen molar-refractivity contribution in [2.75, 3.05) is 0 Å². The smallest absolute Gasteiger partial charge is 0.388 e. The molecule has 0 aliphatic carbocycles. The van der Waals surface area contributed by atoms with Crippen molar-refractivity contribution in [2.24, 2.45) is 0 Å². The van der Waals surface area contributed by atoms with Crippen molar-refractivity contribution >= 4 is 0 Å². The first-order valence-electron chi connectivity index (χ1n) is 4.52. The predicted octanol–water partition coefficient (Wildman–Crippen LogP) is 3.45. The first-order valence-corrected chi connectivity index (χ1v) is 4.52. The Bertz CT molecular complexity index is 384. The maximum absolute atomic E-state index is 12.8. The van der Waals surface area contributed by atoms with Crippen LogP contribution in [0.1, 0.15) is 23.7 Å². The third kappa shape index (κ3) is 2.82. The van der Waals surface area contributed by atoms with Crippen LogP contribution in [-0.2, 0) is 6.18 Å². The van der Waals surface area contributed by atoms with E-state index in [9.17, 15) is 22.7 Å². The first-order chi connectivity index (χ1) is 7.36.